The van der Waals surface area contributed by atoms with Crippen LogP contribution in [0.1, 0.15) is 70.8 Å². The largest absolute Gasteiger partial charge is 0.457 e. The van der Waals surface area contributed by atoms with E-state index in [1.807, 2.05) is 6.20 Å². The predicted molar refractivity (Wildman–Crippen MR) is 338 cm³/mol. The molecule has 13 aromatic rings. The molecule has 0 saturated carbocycles. The summed E-state index contributed by atoms with van der Waals surface area (Å²) in [4.78, 5) is 10.1. The van der Waals surface area contributed by atoms with E-state index in [1.54, 1.807) is 0 Å². The summed E-state index contributed by atoms with van der Waals surface area (Å²) in [6, 6.07) is 95.2. The number of pyridine rings is 1. The number of hydrogen-bond acceptors (Lipinski definition) is 4. The van der Waals surface area contributed by atoms with Crippen molar-refractivity contribution < 1.29 is 4.74 Å². The Morgan fingerprint density at radius 1 is 0.386 bits per heavy atom. The van der Waals surface area contributed by atoms with Gasteiger partial charge in [-0.2, -0.15) is 0 Å². The highest BCUT2D eigenvalue weighted by Gasteiger charge is 2.58. The first kappa shape index (κ1) is 46.5. The average molecular weight is 1060 g/mol. The second-order valence-electron chi connectivity index (χ2n) is 24.1. The summed E-state index contributed by atoms with van der Waals surface area (Å²) in [6.07, 6.45) is 1.94. The van der Waals surface area contributed by atoms with Crippen molar-refractivity contribution >= 4 is 44.6 Å². The molecule has 0 saturated heterocycles. The van der Waals surface area contributed by atoms with Gasteiger partial charge in [0.1, 0.15) is 24.0 Å². The molecule has 0 fully saturated rings. The Labute approximate surface area is 482 Å². The van der Waals surface area contributed by atoms with Crippen LogP contribution >= 0.6 is 0 Å². The van der Waals surface area contributed by atoms with E-state index in [4.69, 9.17) is 9.72 Å². The van der Waals surface area contributed by atoms with Gasteiger partial charge < -0.3 is 14.5 Å². The molecule has 18 rings (SSSR count). The van der Waals surface area contributed by atoms with Crippen LogP contribution < -0.4 is 14.5 Å². The number of benzene rings is 11. The summed E-state index contributed by atoms with van der Waals surface area (Å²) in [5.41, 5.74) is 27.8. The van der Waals surface area contributed by atoms with Crippen molar-refractivity contribution in [2.45, 2.75) is 37.0 Å². The topological polar surface area (TPSA) is 33.5 Å². The van der Waals surface area contributed by atoms with Gasteiger partial charge in [-0.1, -0.05) is 209 Å². The minimum atomic E-state index is -0.578. The molecule has 5 heteroatoms. The molecular formula is C78H54N4O. The number of ether oxygens (including phenoxy) is 1. The van der Waals surface area contributed by atoms with Gasteiger partial charge in [-0.15, -0.1) is 0 Å². The van der Waals surface area contributed by atoms with Crippen LogP contribution in [0, 0.1) is 0 Å². The fourth-order valence-corrected chi connectivity index (χ4v) is 15.8. The third-order valence-corrected chi connectivity index (χ3v) is 19.1. The van der Waals surface area contributed by atoms with Gasteiger partial charge in [0, 0.05) is 45.9 Å². The van der Waals surface area contributed by atoms with Crippen LogP contribution in [-0.4, -0.2) is 16.2 Å². The molecule has 11 aromatic carbocycles. The van der Waals surface area contributed by atoms with Crippen molar-refractivity contribution in [3.63, 3.8) is 0 Å². The lowest BCUT2D eigenvalue weighted by Crippen LogP contribution is -2.30. The summed E-state index contributed by atoms with van der Waals surface area (Å²) in [5, 5.41) is 2.33. The first-order valence-electron chi connectivity index (χ1n) is 29.0. The van der Waals surface area contributed by atoms with E-state index in [0.29, 0.717) is 6.67 Å². The monoisotopic (exact) mass is 1060 g/mol. The number of para-hydroxylation sites is 3. The summed E-state index contributed by atoms with van der Waals surface area (Å²) in [7, 11) is 0. The van der Waals surface area contributed by atoms with E-state index in [-0.39, 0.29) is 5.41 Å². The second-order valence-corrected chi connectivity index (χ2v) is 24.1. The number of aromatic nitrogens is 2. The van der Waals surface area contributed by atoms with Crippen molar-refractivity contribution in [1.29, 1.82) is 0 Å². The highest BCUT2D eigenvalue weighted by Crippen LogP contribution is 2.71. The standard InChI is InChI=1S/C78H54N4O/c1-76(2,3)48-41-42-79-72(43-48)82-68-36-17-10-27-56(68)57-40-39-51(45-71(57)82)83-50-22-20-21-49(44-50)80-47-81(70-38-19-18-37-69(70)80)75-73-58-28-8-15-34-64(58)77(60-30-11-4-23-52(60)53-24-5-12-31-61(53)77)66(73)46-67-74(75)59-29-9-16-35-65(59)78(67)62-32-13-6-25-54(62)55-26-7-14-33-63(55)78/h4-46H,47H2,1-3H3. The molecule has 0 radical (unpaired) electrons. The van der Waals surface area contributed by atoms with E-state index < -0.39 is 10.8 Å². The highest BCUT2D eigenvalue weighted by molar-refractivity contribution is 6.12. The Hall–Kier alpha value is -10.2. The molecule has 3 heterocycles. The van der Waals surface area contributed by atoms with Gasteiger partial charge in [0.25, 0.3) is 0 Å². The first-order valence-corrected chi connectivity index (χ1v) is 29.0. The van der Waals surface area contributed by atoms with Crippen molar-refractivity contribution in [2.24, 2.45) is 0 Å². The van der Waals surface area contributed by atoms with Crippen molar-refractivity contribution in [3.8, 4) is 61.8 Å². The van der Waals surface area contributed by atoms with Gasteiger partial charge in [-0.05, 0) is 143 Å². The molecule has 0 unspecified atom stereocenters. The molecule has 0 N–H and O–H groups in total. The number of nitrogens with zero attached hydrogens (tertiary/aromatic N) is 4. The zero-order chi connectivity index (χ0) is 54.9. The van der Waals surface area contributed by atoms with E-state index in [1.165, 1.54) is 106 Å². The maximum Gasteiger partial charge on any atom is 0.137 e. The lowest BCUT2D eigenvalue weighted by molar-refractivity contribution is 0.483. The predicted octanol–water partition coefficient (Wildman–Crippen LogP) is 19.2. The Morgan fingerprint density at radius 2 is 0.855 bits per heavy atom. The zero-order valence-electron chi connectivity index (χ0n) is 46.2. The highest BCUT2D eigenvalue weighted by atomic mass is 16.5. The van der Waals surface area contributed by atoms with E-state index in [2.05, 4.69) is 290 Å². The van der Waals surface area contributed by atoms with Crippen molar-refractivity contribution in [2.75, 3.05) is 16.5 Å². The van der Waals surface area contributed by atoms with Gasteiger partial charge in [-0.3, -0.25) is 4.57 Å². The fourth-order valence-electron chi connectivity index (χ4n) is 15.8. The Bertz CT molecular complexity index is 4700. The van der Waals surface area contributed by atoms with Crippen LogP contribution in [0.2, 0.25) is 0 Å². The molecule has 2 aromatic heterocycles. The molecule has 2 spiro atoms. The molecule has 1 aliphatic heterocycles. The first-order chi connectivity index (χ1) is 40.8. The van der Waals surface area contributed by atoms with Gasteiger partial charge in [0.15, 0.2) is 0 Å². The number of rotatable bonds is 5. The fraction of sp³-hybridized carbons (Fsp3) is 0.0897. The normalized spacial score (nSPS) is 14.8. The SMILES string of the molecule is CC(C)(C)c1ccnc(-n2c3ccccc3c3ccc(Oc4cccc(N5CN(c6c7c(cc8c6-c6ccccc6C86c8ccccc8-c8ccccc86)C6(c8ccccc8-c8ccccc86)c6ccccc6-7)c6ccccc65)c4)cc32)c1. The van der Waals surface area contributed by atoms with Gasteiger partial charge in [-0.25, -0.2) is 4.98 Å². The summed E-state index contributed by atoms with van der Waals surface area (Å²) >= 11 is 0. The summed E-state index contributed by atoms with van der Waals surface area (Å²) in [6.45, 7) is 7.33. The number of fused-ring (bicyclic) bond motifs is 24. The van der Waals surface area contributed by atoms with Crippen LogP contribution in [0.15, 0.2) is 261 Å². The molecule has 5 nitrogen and oxygen atoms in total. The van der Waals surface area contributed by atoms with Crippen LogP contribution in [0.3, 0.4) is 0 Å². The third-order valence-electron chi connectivity index (χ3n) is 19.1. The Morgan fingerprint density at radius 3 is 1.42 bits per heavy atom. The van der Waals surface area contributed by atoms with Gasteiger partial charge in [0.2, 0.25) is 0 Å². The molecule has 392 valence electrons. The zero-order valence-corrected chi connectivity index (χ0v) is 46.2. The smallest absolute Gasteiger partial charge is 0.137 e. The molecular weight excluding hydrogens is 1010 g/mol. The molecule has 0 bridgehead atoms. The van der Waals surface area contributed by atoms with Crippen molar-refractivity contribution in [3.05, 3.63) is 311 Å². The molecule has 83 heavy (non-hydrogen) atoms. The van der Waals surface area contributed by atoms with Crippen LogP contribution in [0.25, 0.3) is 72.1 Å². The lowest BCUT2D eigenvalue weighted by Gasteiger charge is -2.35. The van der Waals surface area contributed by atoms with E-state index in [9.17, 15) is 0 Å². The van der Waals surface area contributed by atoms with Gasteiger partial charge in [0.05, 0.1) is 38.9 Å². The van der Waals surface area contributed by atoms with E-state index >= 15 is 0 Å². The van der Waals surface area contributed by atoms with Gasteiger partial charge >= 0.3 is 0 Å². The number of anilines is 4. The average Bonchev–Trinajstić information content (AvgIpc) is 1.61. The maximum atomic E-state index is 7.00. The summed E-state index contributed by atoms with van der Waals surface area (Å²) in [5.74, 6) is 2.41. The van der Waals surface area contributed by atoms with Crippen LogP contribution in [-0.2, 0) is 16.2 Å². The minimum Gasteiger partial charge on any atom is -0.457 e. The van der Waals surface area contributed by atoms with Crippen LogP contribution in [0.5, 0.6) is 11.5 Å². The quantitative estimate of drug-likeness (QED) is 0.172. The Balaban J connectivity index is 0.845. The number of hydrogen-bond donors (Lipinski definition) is 0. The summed E-state index contributed by atoms with van der Waals surface area (Å²) < 4.78 is 9.28. The molecule has 5 aliphatic rings. The Kier molecular flexibility index (Phi) is 9.35. The lowest BCUT2D eigenvalue weighted by atomic mass is 9.67. The molecule has 0 atom stereocenters. The van der Waals surface area contributed by atoms with E-state index in [0.717, 1.165) is 50.8 Å². The van der Waals surface area contributed by atoms with Crippen molar-refractivity contribution in [1.82, 2.24) is 9.55 Å². The molecule has 0 amide bonds. The maximum absolute atomic E-state index is 7.00. The van der Waals surface area contributed by atoms with Crippen LogP contribution in [0.4, 0.5) is 22.7 Å². The minimum absolute atomic E-state index is 0.0308. The second kappa shape index (κ2) is 16.7. The molecule has 4 aliphatic carbocycles. The third kappa shape index (κ3) is 6.03.